The Hall–Kier alpha value is -3.43. The lowest BCUT2D eigenvalue weighted by molar-refractivity contribution is -0.125. The van der Waals surface area contributed by atoms with Gasteiger partial charge in [0.1, 0.15) is 15.5 Å². The monoisotopic (exact) mass is 481 g/mol. The summed E-state index contributed by atoms with van der Waals surface area (Å²) in [7, 11) is 5.38. The molecule has 7 nitrogen and oxygen atoms in total. The van der Waals surface area contributed by atoms with Gasteiger partial charge in [0, 0.05) is 19.7 Å². The Balaban J connectivity index is 1.60. The number of nitrogens with one attached hydrogen (secondary N) is 1. The number of ether oxygens (including phenoxy) is 2. The van der Waals surface area contributed by atoms with Crippen molar-refractivity contribution in [2.45, 2.75) is 13.0 Å². The van der Waals surface area contributed by atoms with Crippen LogP contribution in [0.15, 0.2) is 54.6 Å². The molecule has 1 atom stereocenters. The zero-order valence-electron chi connectivity index (χ0n) is 18.6. The second-order valence-electron chi connectivity index (χ2n) is 7.56. The van der Waals surface area contributed by atoms with Crippen LogP contribution in [0.3, 0.4) is 0 Å². The Bertz CT molecular complexity index is 1270. The van der Waals surface area contributed by atoms with Crippen molar-refractivity contribution < 1.29 is 19.1 Å². The highest BCUT2D eigenvalue weighted by Gasteiger charge is 2.28. The molecule has 1 amide bonds. The van der Waals surface area contributed by atoms with E-state index < -0.39 is 18.0 Å². The average molecular weight is 482 g/mol. The van der Waals surface area contributed by atoms with Gasteiger partial charge in [-0.3, -0.25) is 4.79 Å². The number of methoxy groups -OCH3 is 1. The fourth-order valence-corrected chi connectivity index (χ4v) is 5.22. The van der Waals surface area contributed by atoms with Crippen LogP contribution in [0.5, 0.6) is 5.75 Å². The number of hydrogen-bond acceptors (Lipinski definition) is 8. The largest absolute Gasteiger partial charge is 0.495 e. The lowest BCUT2D eigenvalue weighted by atomic mass is 10.1. The first-order chi connectivity index (χ1) is 15.9. The number of carbonyl (C=O) groups excluding carboxylic acids is 2. The van der Waals surface area contributed by atoms with Crippen molar-refractivity contribution in [3.63, 3.8) is 0 Å². The standard InChI is InChI=1S/C24H23N3O4S2/c1-14-10-11-17(30-4)16(12-14)25-21(28)20(15-8-6-5-7-9-15)31-23(29)19-13-18-22(32-19)26-24(33-18)27(2)3/h5-13,20H,1-4H3,(H,25,28). The lowest BCUT2D eigenvalue weighted by Crippen LogP contribution is -2.26. The number of esters is 1. The number of anilines is 2. The highest BCUT2D eigenvalue weighted by atomic mass is 32.1. The van der Waals surface area contributed by atoms with E-state index in [0.717, 1.165) is 20.2 Å². The van der Waals surface area contributed by atoms with Gasteiger partial charge in [-0.25, -0.2) is 9.78 Å². The molecule has 0 saturated heterocycles. The van der Waals surface area contributed by atoms with Gasteiger partial charge in [-0.15, -0.1) is 11.3 Å². The van der Waals surface area contributed by atoms with Crippen LogP contribution in [0.1, 0.15) is 26.9 Å². The van der Waals surface area contributed by atoms with E-state index in [1.54, 1.807) is 36.4 Å². The van der Waals surface area contributed by atoms with E-state index in [0.29, 0.717) is 21.9 Å². The maximum Gasteiger partial charge on any atom is 0.349 e. The van der Waals surface area contributed by atoms with Gasteiger partial charge < -0.3 is 19.7 Å². The van der Waals surface area contributed by atoms with Crippen LogP contribution >= 0.6 is 22.7 Å². The smallest absolute Gasteiger partial charge is 0.349 e. The van der Waals surface area contributed by atoms with Crippen molar-refractivity contribution in [2.24, 2.45) is 0 Å². The second kappa shape index (κ2) is 9.60. The fraction of sp³-hybridized carbons (Fsp3) is 0.208. The molecule has 0 aliphatic rings. The minimum Gasteiger partial charge on any atom is -0.495 e. The minimum atomic E-state index is -1.13. The molecular weight excluding hydrogens is 458 g/mol. The average Bonchev–Trinajstić information content (AvgIpc) is 3.38. The van der Waals surface area contributed by atoms with Gasteiger partial charge in [0.05, 0.1) is 17.5 Å². The Morgan fingerprint density at radius 3 is 2.48 bits per heavy atom. The summed E-state index contributed by atoms with van der Waals surface area (Å²) in [4.78, 5) is 33.9. The predicted molar refractivity (Wildman–Crippen MR) is 133 cm³/mol. The van der Waals surface area contributed by atoms with Crippen molar-refractivity contribution in [3.05, 3.63) is 70.6 Å². The zero-order valence-corrected chi connectivity index (χ0v) is 20.3. The molecular formula is C24H23N3O4S2. The summed E-state index contributed by atoms with van der Waals surface area (Å²) in [5.41, 5.74) is 2.04. The molecule has 0 saturated carbocycles. The summed E-state index contributed by atoms with van der Waals surface area (Å²) in [6.07, 6.45) is -1.13. The molecule has 2 aromatic carbocycles. The Kier molecular flexibility index (Phi) is 6.62. The highest BCUT2D eigenvalue weighted by molar-refractivity contribution is 7.29. The summed E-state index contributed by atoms with van der Waals surface area (Å²) in [6, 6.07) is 16.2. The number of carbonyl (C=O) groups is 2. The summed E-state index contributed by atoms with van der Waals surface area (Å²) in [5.74, 6) is -0.519. The Labute approximate surface area is 199 Å². The topological polar surface area (TPSA) is 80.8 Å². The third kappa shape index (κ3) is 4.99. The summed E-state index contributed by atoms with van der Waals surface area (Å²) in [6.45, 7) is 1.92. The van der Waals surface area contributed by atoms with Crippen LogP contribution in [0.25, 0.3) is 9.53 Å². The number of hydrogen-bond donors (Lipinski definition) is 1. The molecule has 0 radical (unpaired) electrons. The summed E-state index contributed by atoms with van der Waals surface area (Å²) >= 11 is 2.75. The van der Waals surface area contributed by atoms with E-state index in [2.05, 4.69) is 10.3 Å². The van der Waals surface area contributed by atoms with Crippen LogP contribution in [0.4, 0.5) is 10.8 Å². The summed E-state index contributed by atoms with van der Waals surface area (Å²) in [5, 5.41) is 3.71. The fourth-order valence-electron chi connectivity index (χ4n) is 3.20. The van der Waals surface area contributed by atoms with Gasteiger partial charge in [-0.05, 0) is 30.7 Å². The molecule has 1 N–H and O–H groups in total. The normalized spacial score (nSPS) is 11.8. The number of nitrogens with zero attached hydrogens (tertiary/aromatic N) is 2. The molecule has 4 aromatic rings. The number of aryl methyl sites for hydroxylation is 1. The number of rotatable bonds is 7. The van der Waals surface area contributed by atoms with Crippen LogP contribution in [0, 0.1) is 6.92 Å². The van der Waals surface area contributed by atoms with Crippen molar-refractivity contribution >= 4 is 54.9 Å². The van der Waals surface area contributed by atoms with Crippen LogP contribution < -0.4 is 15.0 Å². The first kappa shape index (κ1) is 22.8. The first-order valence-corrected chi connectivity index (χ1v) is 11.8. The summed E-state index contributed by atoms with van der Waals surface area (Å²) < 4.78 is 12.0. The third-order valence-corrected chi connectivity index (χ3v) is 7.15. The van der Waals surface area contributed by atoms with Crippen molar-refractivity contribution in [3.8, 4) is 5.75 Å². The molecule has 0 spiro atoms. The van der Waals surface area contributed by atoms with Gasteiger partial charge in [-0.2, -0.15) is 0 Å². The molecule has 0 aliphatic heterocycles. The number of fused-ring (bicyclic) bond motifs is 1. The van der Waals surface area contributed by atoms with E-state index in [1.807, 2.05) is 44.1 Å². The predicted octanol–water partition coefficient (Wildman–Crippen LogP) is 5.28. The molecule has 33 heavy (non-hydrogen) atoms. The van der Waals surface area contributed by atoms with Crippen molar-refractivity contribution in [1.29, 1.82) is 0 Å². The molecule has 0 aliphatic carbocycles. The second-order valence-corrected chi connectivity index (χ2v) is 9.60. The van der Waals surface area contributed by atoms with Gasteiger partial charge >= 0.3 is 5.97 Å². The van der Waals surface area contributed by atoms with E-state index in [1.165, 1.54) is 29.8 Å². The van der Waals surface area contributed by atoms with Crippen LogP contribution in [-0.2, 0) is 9.53 Å². The van der Waals surface area contributed by atoms with E-state index >= 15 is 0 Å². The van der Waals surface area contributed by atoms with Gasteiger partial charge in [0.25, 0.3) is 5.91 Å². The Morgan fingerprint density at radius 2 is 1.82 bits per heavy atom. The first-order valence-electron chi connectivity index (χ1n) is 10.1. The lowest BCUT2D eigenvalue weighted by Gasteiger charge is -2.19. The van der Waals surface area contributed by atoms with Gasteiger partial charge in [0.2, 0.25) is 6.10 Å². The zero-order chi connectivity index (χ0) is 23.5. The number of thiazole rings is 1. The maximum atomic E-state index is 13.2. The molecule has 9 heteroatoms. The maximum absolute atomic E-state index is 13.2. The van der Waals surface area contributed by atoms with Crippen LogP contribution in [0.2, 0.25) is 0 Å². The number of thiophene rings is 1. The quantitative estimate of drug-likeness (QED) is 0.362. The van der Waals surface area contributed by atoms with Gasteiger partial charge in [0.15, 0.2) is 5.13 Å². The molecule has 2 heterocycles. The number of amides is 1. The highest BCUT2D eigenvalue weighted by Crippen LogP contribution is 2.35. The number of aromatic nitrogens is 1. The molecule has 170 valence electrons. The third-order valence-electron chi connectivity index (χ3n) is 4.84. The minimum absolute atomic E-state index is 0.399. The number of benzene rings is 2. The van der Waals surface area contributed by atoms with Gasteiger partial charge in [-0.1, -0.05) is 47.7 Å². The van der Waals surface area contributed by atoms with Crippen molar-refractivity contribution in [1.82, 2.24) is 4.98 Å². The molecule has 1 unspecified atom stereocenters. The molecule has 0 fully saturated rings. The van der Waals surface area contributed by atoms with E-state index in [-0.39, 0.29) is 0 Å². The Morgan fingerprint density at radius 1 is 1.06 bits per heavy atom. The van der Waals surface area contributed by atoms with E-state index in [9.17, 15) is 9.59 Å². The molecule has 4 rings (SSSR count). The molecule has 2 aromatic heterocycles. The molecule has 0 bridgehead atoms. The van der Waals surface area contributed by atoms with Crippen LogP contribution in [-0.4, -0.2) is 38.1 Å². The SMILES string of the molecule is COc1ccc(C)cc1NC(=O)C(OC(=O)c1cc2sc(N(C)C)nc2s1)c1ccccc1. The van der Waals surface area contributed by atoms with Crippen molar-refractivity contribution in [2.75, 3.05) is 31.4 Å². The van der Waals surface area contributed by atoms with E-state index in [4.69, 9.17) is 9.47 Å².